The molecule has 3 unspecified atom stereocenters. The lowest BCUT2D eigenvalue weighted by Crippen LogP contribution is -2.51. The number of nitrogens with two attached hydrogens (primary N) is 1. The zero-order valence-corrected chi connectivity index (χ0v) is 16.6. The molecule has 2 aromatic rings. The van der Waals surface area contributed by atoms with Gasteiger partial charge in [-0.3, -0.25) is 9.59 Å². The van der Waals surface area contributed by atoms with Crippen molar-refractivity contribution in [3.8, 4) is 6.07 Å². The Balaban J connectivity index is 1.82. The van der Waals surface area contributed by atoms with Gasteiger partial charge in [0.2, 0.25) is 11.8 Å². The number of rotatable bonds is 4. The van der Waals surface area contributed by atoms with E-state index < -0.39 is 5.91 Å². The van der Waals surface area contributed by atoms with Crippen molar-refractivity contribution in [1.82, 2.24) is 0 Å². The van der Waals surface area contributed by atoms with Gasteiger partial charge >= 0.3 is 0 Å². The standard InChI is InChI=1S/C21H22N4O2S/c1-11-19(24-18-8-6-15(10-22)28-18)16-9-14(21(23)27)5-7-17(16)25(12(2)26)20(11)13-3-4-13/h5-9,11,13,19-20,24H,3-4H2,1-2H3,(H2,23,27). The quantitative estimate of drug-likeness (QED) is 0.827. The number of thiophene rings is 1. The van der Waals surface area contributed by atoms with Gasteiger partial charge in [-0.05, 0) is 54.7 Å². The maximum absolute atomic E-state index is 12.6. The minimum atomic E-state index is -0.490. The van der Waals surface area contributed by atoms with Crippen LogP contribution in [0.2, 0.25) is 0 Å². The second-order valence-electron chi connectivity index (χ2n) is 7.61. The molecular formula is C21H22N4O2S. The van der Waals surface area contributed by atoms with Crippen LogP contribution in [0.5, 0.6) is 0 Å². The van der Waals surface area contributed by atoms with E-state index in [1.165, 1.54) is 11.3 Å². The van der Waals surface area contributed by atoms with Crippen LogP contribution in [-0.2, 0) is 4.79 Å². The summed E-state index contributed by atoms with van der Waals surface area (Å²) >= 11 is 1.40. The molecule has 3 atom stereocenters. The van der Waals surface area contributed by atoms with Crippen LogP contribution in [0.4, 0.5) is 10.7 Å². The summed E-state index contributed by atoms with van der Waals surface area (Å²) < 4.78 is 0. The summed E-state index contributed by atoms with van der Waals surface area (Å²) in [5, 5.41) is 13.6. The summed E-state index contributed by atoms with van der Waals surface area (Å²) in [7, 11) is 0. The molecule has 1 aliphatic carbocycles. The fraction of sp³-hybridized carbons (Fsp3) is 0.381. The molecule has 0 radical (unpaired) electrons. The van der Waals surface area contributed by atoms with Gasteiger partial charge in [-0.15, -0.1) is 11.3 Å². The van der Waals surface area contributed by atoms with Crippen molar-refractivity contribution in [3.05, 3.63) is 46.3 Å². The van der Waals surface area contributed by atoms with E-state index in [2.05, 4.69) is 18.3 Å². The molecule has 3 N–H and O–H groups in total. The average molecular weight is 395 g/mol. The van der Waals surface area contributed by atoms with Gasteiger partial charge in [0.1, 0.15) is 10.9 Å². The molecule has 0 bridgehead atoms. The molecule has 1 saturated carbocycles. The Kier molecular flexibility index (Phi) is 4.60. The minimum absolute atomic E-state index is 0.0122. The summed E-state index contributed by atoms with van der Waals surface area (Å²) in [6.45, 7) is 3.75. The number of hydrogen-bond donors (Lipinski definition) is 2. The molecular weight excluding hydrogens is 372 g/mol. The Bertz CT molecular complexity index is 989. The molecule has 7 heteroatoms. The zero-order chi connectivity index (χ0) is 20.0. The minimum Gasteiger partial charge on any atom is -0.370 e. The first-order valence-electron chi connectivity index (χ1n) is 9.40. The molecule has 1 aromatic heterocycles. The van der Waals surface area contributed by atoms with Gasteiger partial charge in [0.15, 0.2) is 0 Å². The highest BCUT2D eigenvalue weighted by Gasteiger charge is 2.47. The number of primary amides is 1. The van der Waals surface area contributed by atoms with Crippen molar-refractivity contribution in [1.29, 1.82) is 5.26 Å². The molecule has 0 spiro atoms. The largest absolute Gasteiger partial charge is 0.370 e. The van der Waals surface area contributed by atoms with Crippen molar-refractivity contribution >= 4 is 33.8 Å². The van der Waals surface area contributed by atoms with E-state index in [0.717, 1.165) is 29.1 Å². The summed E-state index contributed by atoms with van der Waals surface area (Å²) in [6, 6.07) is 11.2. The van der Waals surface area contributed by atoms with Crippen LogP contribution in [0.3, 0.4) is 0 Å². The highest BCUT2D eigenvalue weighted by Crippen LogP contribution is 2.50. The third kappa shape index (κ3) is 3.14. The van der Waals surface area contributed by atoms with Gasteiger partial charge in [-0.2, -0.15) is 5.26 Å². The van der Waals surface area contributed by atoms with E-state index in [9.17, 15) is 9.59 Å². The molecule has 1 aromatic carbocycles. The molecule has 1 aliphatic heterocycles. The van der Waals surface area contributed by atoms with Crippen LogP contribution < -0.4 is 16.0 Å². The number of carbonyl (C=O) groups excluding carboxylic acids is 2. The fourth-order valence-electron chi connectivity index (χ4n) is 4.35. The van der Waals surface area contributed by atoms with E-state index in [1.54, 1.807) is 25.1 Å². The van der Waals surface area contributed by atoms with Gasteiger partial charge in [-0.25, -0.2) is 0 Å². The third-order valence-electron chi connectivity index (χ3n) is 5.73. The number of nitriles is 1. The predicted octanol–water partition coefficient (Wildman–Crippen LogP) is 3.65. The summed E-state index contributed by atoms with van der Waals surface area (Å²) in [6.07, 6.45) is 2.25. The topological polar surface area (TPSA) is 99.2 Å². The third-order valence-corrected chi connectivity index (χ3v) is 6.65. The highest BCUT2D eigenvalue weighted by atomic mass is 32.1. The van der Waals surface area contributed by atoms with Crippen LogP contribution >= 0.6 is 11.3 Å². The van der Waals surface area contributed by atoms with Gasteiger partial charge in [-0.1, -0.05) is 6.92 Å². The number of anilines is 2. The van der Waals surface area contributed by atoms with E-state index >= 15 is 0 Å². The lowest BCUT2D eigenvalue weighted by atomic mass is 9.79. The molecule has 2 aliphatic rings. The lowest BCUT2D eigenvalue weighted by Gasteiger charge is -2.46. The SMILES string of the molecule is CC(=O)N1c2ccc(C(N)=O)cc2C(Nc2ccc(C#N)s2)C(C)C1C1CC1. The summed E-state index contributed by atoms with van der Waals surface area (Å²) in [4.78, 5) is 26.9. The molecule has 0 saturated heterocycles. The van der Waals surface area contributed by atoms with Gasteiger partial charge in [0.05, 0.1) is 11.0 Å². The Hall–Kier alpha value is -2.85. The van der Waals surface area contributed by atoms with E-state index in [4.69, 9.17) is 11.0 Å². The maximum atomic E-state index is 12.6. The Morgan fingerprint density at radius 1 is 1.29 bits per heavy atom. The predicted molar refractivity (Wildman–Crippen MR) is 109 cm³/mol. The number of carbonyl (C=O) groups is 2. The Morgan fingerprint density at radius 2 is 2.04 bits per heavy atom. The molecule has 144 valence electrons. The zero-order valence-electron chi connectivity index (χ0n) is 15.8. The number of nitrogens with zero attached hydrogens (tertiary/aromatic N) is 2. The summed E-state index contributed by atoms with van der Waals surface area (Å²) in [5.41, 5.74) is 7.66. The monoisotopic (exact) mass is 394 g/mol. The first kappa shape index (κ1) is 18.5. The van der Waals surface area contributed by atoms with E-state index in [1.807, 2.05) is 17.0 Å². The van der Waals surface area contributed by atoms with Crippen LogP contribution in [0, 0.1) is 23.2 Å². The first-order valence-corrected chi connectivity index (χ1v) is 10.2. The fourth-order valence-corrected chi connectivity index (χ4v) is 5.09. The number of amides is 2. The second kappa shape index (κ2) is 6.95. The van der Waals surface area contributed by atoms with Crippen molar-refractivity contribution in [2.45, 2.75) is 38.8 Å². The van der Waals surface area contributed by atoms with Crippen molar-refractivity contribution in [2.24, 2.45) is 17.6 Å². The van der Waals surface area contributed by atoms with Crippen molar-refractivity contribution < 1.29 is 9.59 Å². The Labute approximate surface area is 167 Å². The van der Waals surface area contributed by atoms with Crippen LogP contribution in [0.15, 0.2) is 30.3 Å². The lowest BCUT2D eigenvalue weighted by molar-refractivity contribution is -0.117. The number of nitrogens with one attached hydrogen (secondary N) is 1. The molecule has 1 fully saturated rings. The smallest absolute Gasteiger partial charge is 0.248 e. The van der Waals surface area contributed by atoms with Crippen molar-refractivity contribution in [2.75, 3.05) is 10.2 Å². The second-order valence-corrected chi connectivity index (χ2v) is 8.70. The van der Waals surface area contributed by atoms with Gasteiger partial charge in [0, 0.05) is 30.1 Å². The summed E-state index contributed by atoms with van der Waals surface area (Å²) in [5.74, 6) is 0.152. The molecule has 2 amide bonds. The molecule has 4 rings (SSSR count). The van der Waals surface area contributed by atoms with E-state index in [-0.39, 0.29) is 23.9 Å². The van der Waals surface area contributed by atoms with Crippen molar-refractivity contribution in [3.63, 3.8) is 0 Å². The normalized spacial score (nSPS) is 23.6. The van der Waals surface area contributed by atoms with E-state index in [0.29, 0.717) is 16.4 Å². The Morgan fingerprint density at radius 3 is 2.61 bits per heavy atom. The highest BCUT2D eigenvalue weighted by molar-refractivity contribution is 7.16. The van der Waals surface area contributed by atoms with Gasteiger partial charge < -0.3 is 16.0 Å². The maximum Gasteiger partial charge on any atom is 0.248 e. The molecule has 6 nitrogen and oxygen atoms in total. The molecule has 2 heterocycles. The molecule has 28 heavy (non-hydrogen) atoms. The van der Waals surface area contributed by atoms with Crippen LogP contribution in [-0.4, -0.2) is 17.9 Å². The first-order chi connectivity index (χ1) is 13.4. The number of fused-ring (bicyclic) bond motifs is 1. The number of hydrogen-bond acceptors (Lipinski definition) is 5. The van der Waals surface area contributed by atoms with Gasteiger partial charge in [0.25, 0.3) is 0 Å². The van der Waals surface area contributed by atoms with Crippen LogP contribution in [0.25, 0.3) is 0 Å². The average Bonchev–Trinajstić information content (AvgIpc) is 3.40. The van der Waals surface area contributed by atoms with Crippen LogP contribution in [0.1, 0.15) is 53.5 Å². The number of benzene rings is 1.